The number of piperazine rings is 1. The molecule has 0 amide bonds. The zero-order chi connectivity index (χ0) is 13.5. The summed E-state index contributed by atoms with van der Waals surface area (Å²) in [7, 11) is -3.39. The second-order valence-corrected chi connectivity index (χ2v) is 7.11. The third-order valence-corrected chi connectivity index (χ3v) is 6.06. The van der Waals surface area contributed by atoms with E-state index in [9.17, 15) is 8.42 Å². The Morgan fingerprint density at radius 2 is 1.95 bits per heavy atom. The molecule has 1 aromatic rings. The molecule has 3 atom stereocenters. The molecule has 2 saturated heterocycles. The smallest absolute Gasteiger partial charge is 0.243 e. The van der Waals surface area contributed by atoms with E-state index in [-0.39, 0.29) is 12.1 Å². The van der Waals surface area contributed by atoms with Crippen molar-refractivity contribution in [2.75, 3.05) is 26.2 Å². The molecular formula is C13H19N3O2S. The molecule has 2 heterocycles. The van der Waals surface area contributed by atoms with E-state index < -0.39 is 10.0 Å². The highest BCUT2D eigenvalue weighted by atomic mass is 32.2. The first-order valence-electron chi connectivity index (χ1n) is 6.64. The molecule has 3 rings (SSSR count). The van der Waals surface area contributed by atoms with Crippen molar-refractivity contribution in [3.63, 3.8) is 0 Å². The molecule has 2 aliphatic rings. The largest absolute Gasteiger partial charge is 0.329 e. The van der Waals surface area contributed by atoms with Gasteiger partial charge in [0.05, 0.1) is 4.90 Å². The summed E-state index contributed by atoms with van der Waals surface area (Å²) in [5.74, 6) is 0. The Morgan fingerprint density at radius 1 is 1.21 bits per heavy atom. The van der Waals surface area contributed by atoms with Crippen LogP contribution in [0.15, 0.2) is 35.2 Å². The van der Waals surface area contributed by atoms with Crippen molar-refractivity contribution < 1.29 is 8.42 Å². The van der Waals surface area contributed by atoms with Gasteiger partial charge in [0.25, 0.3) is 0 Å². The summed E-state index contributed by atoms with van der Waals surface area (Å²) < 4.78 is 27.1. The van der Waals surface area contributed by atoms with Crippen molar-refractivity contribution in [3.8, 4) is 0 Å². The van der Waals surface area contributed by atoms with Crippen LogP contribution < -0.4 is 5.73 Å². The zero-order valence-corrected chi connectivity index (χ0v) is 11.6. The molecule has 1 unspecified atom stereocenters. The van der Waals surface area contributed by atoms with Crippen molar-refractivity contribution in [2.24, 2.45) is 5.73 Å². The molecule has 104 valence electrons. The van der Waals surface area contributed by atoms with Gasteiger partial charge in [-0.2, -0.15) is 4.31 Å². The van der Waals surface area contributed by atoms with Crippen molar-refractivity contribution in [1.82, 2.24) is 9.21 Å². The molecule has 0 aromatic heterocycles. The van der Waals surface area contributed by atoms with Gasteiger partial charge in [-0.05, 0) is 18.6 Å². The Kier molecular flexibility index (Phi) is 3.34. The maximum atomic E-state index is 12.7. The van der Waals surface area contributed by atoms with Crippen LogP contribution in [0.25, 0.3) is 0 Å². The van der Waals surface area contributed by atoms with E-state index in [1.54, 1.807) is 28.6 Å². The fraction of sp³-hybridized carbons (Fsp3) is 0.538. The minimum absolute atomic E-state index is 0.105. The summed E-state index contributed by atoms with van der Waals surface area (Å²) in [5.41, 5.74) is 5.77. The molecule has 19 heavy (non-hydrogen) atoms. The molecule has 0 saturated carbocycles. The lowest BCUT2D eigenvalue weighted by molar-refractivity contribution is 0.148. The molecule has 0 radical (unpaired) electrons. The van der Waals surface area contributed by atoms with Crippen LogP contribution in [-0.2, 0) is 10.0 Å². The lowest BCUT2D eigenvalue weighted by Crippen LogP contribution is -2.56. The van der Waals surface area contributed by atoms with Gasteiger partial charge in [-0.15, -0.1) is 0 Å². The van der Waals surface area contributed by atoms with Crippen LogP contribution in [0, 0.1) is 0 Å². The van der Waals surface area contributed by atoms with Gasteiger partial charge in [0.15, 0.2) is 0 Å². The Morgan fingerprint density at radius 3 is 2.63 bits per heavy atom. The predicted octanol–water partition coefficient (Wildman–Crippen LogP) is 0.0925. The van der Waals surface area contributed by atoms with Gasteiger partial charge >= 0.3 is 0 Å². The lowest BCUT2D eigenvalue weighted by Gasteiger charge is -2.38. The van der Waals surface area contributed by atoms with Gasteiger partial charge in [0, 0.05) is 38.3 Å². The van der Waals surface area contributed by atoms with E-state index in [4.69, 9.17) is 5.73 Å². The zero-order valence-electron chi connectivity index (χ0n) is 10.8. The third kappa shape index (κ3) is 2.18. The van der Waals surface area contributed by atoms with Crippen LogP contribution >= 0.6 is 0 Å². The van der Waals surface area contributed by atoms with Crippen LogP contribution in [0.5, 0.6) is 0 Å². The molecule has 2 aliphatic heterocycles. The van der Waals surface area contributed by atoms with Crippen molar-refractivity contribution in [3.05, 3.63) is 30.3 Å². The fourth-order valence-corrected chi connectivity index (χ4v) is 4.76. The molecule has 2 bridgehead atoms. The highest BCUT2D eigenvalue weighted by Gasteiger charge is 2.43. The molecule has 6 heteroatoms. The number of fused-ring (bicyclic) bond motifs is 2. The second-order valence-electron chi connectivity index (χ2n) is 5.21. The molecule has 5 nitrogen and oxygen atoms in total. The molecule has 0 spiro atoms. The first-order valence-corrected chi connectivity index (χ1v) is 8.08. The van der Waals surface area contributed by atoms with Crippen LogP contribution in [0.4, 0.5) is 0 Å². The number of sulfonamides is 1. The van der Waals surface area contributed by atoms with Gasteiger partial charge in [-0.3, -0.25) is 4.90 Å². The topological polar surface area (TPSA) is 66.6 Å². The van der Waals surface area contributed by atoms with Crippen molar-refractivity contribution >= 4 is 10.0 Å². The van der Waals surface area contributed by atoms with Gasteiger partial charge < -0.3 is 5.73 Å². The van der Waals surface area contributed by atoms with E-state index in [0.717, 1.165) is 19.5 Å². The number of hydrogen-bond donors (Lipinski definition) is 1. The molecular weight excluding hydrogens is 262 g/mol. The number of nitrogens with two attached hydrogens (primary N) is 1. The van der Waals surface area contributed by atoms with E-state index >= 15 is 0 Å². The average molecular weight is 281 g/mol. The van der Waals surface area contributed by atoms with Gasteiger partial charge in [-0.25, -0.2) is 8.42 Å². The minimum atomic E-state index is -3.39. The van der Waals surface area contributed by atoms with Crippen molar-refractivity contribution in [2.45, 2.75) is 23.4 Å². The van der Waals surface area contributed by atoms with Crippen LogP contribution in [0.2, 0.25) is 0 Å². The van der Waals surface area contributed by atoms with E-state index in [1.807, 2.05) is 6.07 Å². The molecule has 2 N–H and O–H groups in total. The number of benzene rings is 1. The van der Waals surface area contributed by atoms with Crippen LogP contribution in [0.1, 0.15) is 6.42 Å². The van der Waals surface area contributed by atoms with Gasteiger partial charge in [-0.1, -0.05) is 18.2 Å². The summed E-state index contributed by atoms with van der Waals surface area (Å²) in [6.45, 7) is 2.78. The van der Waals surface area contributed by atoms with Gasteiger partial charge in [0.2, 0.25) is 10.0 Å². The molecule has 1 aromatic carbocycles. The highest BCUT2D eigenvalue weighted by molar-refractivity contribution is 7.89. The monoisotopic (exact) mass is 281 g/mol. The SMILES string of the molecule is NC[C@H]1CN(S(=O)(=O)c2ccccc2)[C@@H]2CCN1C2. The molecule has 2 fully saturated rings. The Bertz CT molecular complexity index is 546. The summed E-state index contributed by atoms with van der Waals surface area (Å²) in [6.07, 6.45) is 0.905. The lowest BCUT2D eigenvalue weighted by atomic mass is 10.2. The number of nitrogens with zero attached hydrogens (tertiary/aromatic N) is 2. The van der Waals surface area contributed by atoms with Crippen LogP contribution in [-0.4, -0.2) is 55.9 Å². The van der Waals surface area contributed by atoms with E-state index in [1.165, 1.54) is 0 Å². The molecule has 0 aliphatic carbocycles. The van der Waals surface area contributed by atoms with E-state index in [2.05, 4.69) is 4.90 Å². The fourth-order valence-electron chi connectivity index (χ4n) is 3.05. The standard InChI is InChI=1S/C13H19N3O2S/c14-8-12-10-16(11-6-7-15(12)9-11)19(17,18)13-4-2-1-3-5-13/h1-5,11-12H,6-10,14H2/t11-,12+/m1/s1. The maximum absolute atomic E-state index is 12.7. The second kappa shape index (κ2) is 4.86. The Balaban J connectivity index is 1.93. The Labute approximate surface area is 114 Å². The summed E-state index contributed by atoms with van der Waals surface area (Å²) >= 11 is 0. The number of hydrogen-bond acceptors (Lipinski definition) is 4. The first-order chi connectivity index (χ1) is 9.13. The third-order valence-electron chi connectivity index (χ3n) is 4.13. The van der Waals surface area contributed by atoms with Crippen molar-refractivity contribution in [1.29, 1.82) is 0 Å². The predicted molar refractivity (Wildman–Crippen MR) is 73.2 cm³/mol. The maximum Gasteiger partial charge on any atom is 0.243 e. The van der Waals surface area contributed by atoms with Crippen LogP contribution in [0.3, 0.4) is 0 Å². The summed E-state index contributed by atoms with van der Waals surface area (Å²) in [6, 6.07) is 8.93. The van der Waals surface area contributed by atoms with Gasteiger partial charge in [0.1, 0.15) is 0 Å². The number of rotatable bonds is 3. The minimum Gasteiger partial charge on any atom is -0.329 e. The first kappa shape index (κ1) is 13.1. The summed E-state index contributed by atoms with van der Waals surface area (Å²) in [4.78, 5) is 2.69. The summed E-state index contributed by atoms with van der Waals surface area (Å²) in [5, 5.41) is 0. The normalized spacial score (nSPS) is 31.5. The quantitative estimate of drug-likeness (QED) is 0.853. The average Bonchev–Trinajstić information content (AvgIpc) is 2.84. The van der Waals surface area contributed by atoms with E-state index in [0.29, 0.717) is 18.0 Å². The highest BCUT2D eigenvalue weighted by Crippen LogP contribution is 2.29. The Hall–Kier alpha value is -0.950.